The van der Waals surface area contributed by atoms with Crippen molar-refractivity contribution in [2.24, 2.45) is 0 Å². The van der Waals surface area contributed by atoms with Crippen molar-refractivity contribution in [3.05, 3.63) is 67.0 Å². The van der Waals surface area contributed by atoms with E-state index in [1.807, 2.05) is 6.92 Å². The summed E-state index contributed by atoms with van der Waals surface area (Å²) in [5.74, 6) is -1.46. The Morgan fingerprint density at radius 1 is 1.39 bits per heavy atom. The van der Waals surface area contributed by atoms with Crippen LogP contribution in [-0.2, 0) is 11.3 Å². The summed E-state index contributed by atoms with van der Waals surface area (Å²) in [4.78, 5) is 36.1. The largest absolute Gasteiger partial charge is 0.494 e. The van der Waals surface area contributed by atoms with Gasteiger partial charge in [-0.1, -0.05) is 12.1 Å². The van der Waals surface area contributed by atoms with Gasteiger partial charge in [0.2, 0.25) is 11.7 Å². The fourth-order valence-corrected chi connectivity index (χ4v) is 2.86. The first-order valence-electron chi connectivity index (χ1n) is 8.57. The lowest BCUT2D eigenvalue weighted by Crippen LogP contribution is -2.27. The van der Waals surface area contributed by atoms with Crippen molar-refractivity contribution in [1.29, 1.82) is 5.26 Å². The number of benzene rings is 1. The summed E-state index contributed by atoms with van der Waals surface area (Å²) in [6.45, 7) is 4.00. The number of carbonyl (C=O) groups is 1. The van der Waals surface area contributed by atoms with E-state index in [-0.39, 0.29) is 28.8 Å². The van der Waals surface area contributed by atoms with Crippen molar-refractivity contribution in [2.75, 3.05) is 13.2 Å². The lowest BCUT2D eigenvalue weighted by atomic mass is 9.96. The van der Waals surface area contributed by atoms with Crippen molar-refractivity contribution in [2.45, 2.75) is 26.8 Å². The summed E-state index contributed by atoms with van der Waals surface area (Å²) < 4.78 is 6.12. The van der Waals surface area contributed by atoms with Gasteiger partial charge < -0.3 is 9.84 Å². The smallest absolute Gasteiger partial charge is 0.280 e. The zero-order valence-electron chi connectivity index (χ0n) is 15.5. The first-order valence-corrected chi connectivity index (χ1v) is 8.57. The number of rotatable bonds is 8. The van der Waals surface area contributed by atoms with Crippen LogP contribution in [0.4, 0.5) is 5.69 Å². The number of carbonyl (C=O) groups excluding carboxylic acids is 1. The maximum Gasteiger partial charge on any atom is 0.280 e. The predicted molar refractivity (Wildman–Crippen MR) is 99.5 cm³/mol. The molecule has 0 fully saturated rings. The topological polar surface area (TPSA) is 135 Å². The van der Waals surface area contributed by atoms with Gasteiger partial charge in [-0.05, 0) is 31.9 Å². The predicted octanol–water partition coefficient (Wildman–Crippen LogP) is 2.30. The van der Waals surface area contributed by atoms with Gasteiger partial charge in [0.1, 0.15) is 17.2 Å². The zero-order valence-corrected chi connectivity index (χ0v) is 15.5. The Bertz CT molecular complexity index is 1020. The Kier molecular flexibility index (Phi) is 6.63. The summed E-state index contributed by atoms with van der Waals surface area (Å²) in [5.41, 5.74) is -2.02. The molecule has 2 rings (SSSR count). The fourth-order valence-electron chi connectivity index (χ4n) is 2.86. The number of nitrogens with zero attached hydrogens (tertiary/aromatic N) is 3. The molecule has 0 bridgehead atoms. The van der Waals surface area contributed by atoms with Crippen molar-refractivity contribution < 1.29 is 19.6 Å². The van der Waals surface area contributed by atoms with E-state index in [4.69, 9.17) is 4.74 Å². The van der Waals surface area contributed by atoms with Crippen molar-refractivity contribution >= 4 is 11.5 Å². The third kappa shape index (κ3) is 3.92. The molecular formula is C19H19N3O6. The molecule has 0 saturated heterocycles. The summed E-state index contributed by atoms with van der Waals surface area (Å²) in [7, 11) is 0. The van der Waals surface area contributed by atoms with Gasteiger partial charge in [-0.3, -0.25) is 24.3 Å². The standard InChI is InChI=1S/C19H19N3O6/c1-3-28-10-6-9-21-18(24)14(11-20)12(2)16(19(21)25)17(23)13-7-4-5-8-15(13)22(26)27/h4-5,7-8,25H,3,6,9-10H2,1-2H3. The quantitative estimate of drug-likeness (QED) is 0.319. The van der Waals surface area contributed by atoms with Crippen LogP contribution in [0.25, 0.3) is 0 Å². The molecule has 0 radical (unpaired) electrons. The van der Waals surface area contributed by atoms with Gasteiger partial charge in [0, 0.05) is 25.8 Å². The molecule has 0 saturated carbocycles. The van der Waals surface area contributed by atoms with E-state index >= 15 is 0 Å². The van der Waals surface area contributed by atoms with E-state index in [0.717, 1.165) is 4.57 Å². The minimum Gasteiger partial charge on any atom is -0.494 e. The molecular weight excluding hydrogens is 366 g/mol. The first-order chi connectivity index (χ1) is 13.3. The number of aromatic hydroxyl groups is 1. The van der Waals surface area contributed by atoms with Crippen LogP contribution >= 0.6 is 0 Å². The van der Waals surface area contributed by atoms with Gasteiger partial charge in [-0.25, -0.2) is 0 Å². The minimum absolute atomic E-state index is 0.0193. The van der Waals surface area contributed by atoms with Gasteiger partial charge in [-0.15, -0.1) is 0 Å². The molecule has 1 aromatic carbocycles. The van der Waals surface area contributed by atoms with Gasteiger partial charge in [-0.2, -0.15) is 5.26 Å². The Labute approximate surface area is 160 Å². The highest BCUT2D eigenvalue weighted by Gasteiger charge is 2.28. The van der Waals surface area contributed by atoms with Crippen LogP contribution in [0.3, 0.4) is 0 Å². The SMILES string of the molecule is CCOCCCn1c(O)c(C(=O)c2ccccc2[N+](=O)[O-])c(C)c(C#N)c1=O. The average Bonchev–Trinajstić information content (AvgIpc) is 2.67. The third-order valence-corrected chi connectivity index (χ3v) is 4.25. The fraction of sp³-hybridized carbons (Fsp3) is 0.316. The Morgan fingerprint density at radius 3 is 2.68 bits per heavy atom. The molecule has 0 amide bonds. The van der Waals surface area contributed by atoms with Crippen LogP contribution < -0.4 is 5.56 Å². The molecule has 0 aliphatic rings. The number of aromatic nitrogens is 1. The molecule has 1 N–H and O–H groups in total. The van der Waals surface area contributed by atoms with Crippen LogP contribution in [0.5, 0.6) is 5.88 Å². The van der Waals surface area contributed by atoms with Crippen molar-refractivity contribution in [1.82, 2.24) is 4.57 Å². The van der Waals surface area contributed by atoms with E-state index in [9.17, 15) is 30.1 Å². The monoisotopic (exact) mass is 385 g/mol. The Hall–Kier alpha value is -3.51. The van der Waals surface area contributed by atoms with Crippen LogP contribution in [-0.4, -0.2) is 33.6 Å². The molecule has 9 nitrogen and oxygen atoms in total. The number of ketones is 1. The summed E-state index contributed by atoms with van der Waals surface area (Å²) in [6.07, 6.45) is 0.369. The second-order valence-electron chi connectivity index (χ2n) is 5.92. The van der Waals surface area contributed by atoms with Gasteiger partial charge in [0.05, 0.1) is 10.5 Å². The van der Waals surface area contributed by atoms with Gasteiger partial charge >= 0.3 is 0 Å². The Morgan fingerprint density at radius 2 is 2.07 bits per heavy atom. The van der Waals surface area contributed by atoms with Gasteiger partial charge in [0.25, 0.3) is 11.2 Å². The molecule has 146 valence electrons. The summed E-state index contributed by atoms with van der Waals surface area (Å²) in [6, 6.07) is 7.05. The number of ether oxygens (including phenoxy) is 1. The average molecular weight is 385 g/mol. The number of pyridine rings is 1. The van der Waals surface area contributed by atoms with E-state index < -0.39 is 27.8 Å². The molecule has 9 heteroatoms. The van der Waals surface area contributed by atoms with E-state index in [1.165, 1.54) is 31.2 Å². The highest BCUT2D eigenvalue weighted by Crippen LogP contribution is 2.28. The lowest BCUT2D eigenvalue weighted by molar-refractivity contribution is -0.385. The molecule has 1 aromatic heterocycles. The second-order valence-corrected chi connectivity index (χ2v) is 5.92. The van der Waals surface area contributed by atoms with Crippen LogP contribution in [0, 0.1) is 28.4 Å². The maximum atomic E-state index is 13.0. The van der Waals surface area contributed by atoms with Crippen molar-refractivity contribution in [3.8, 4) is 11.9 Å². The summed E-state index contributed by atoms with van der Waals surface area (Å²) in [5, 5.41) is 31.2. The normalized spacial score (nSPS) is 10.5. The minimum atomic E-state index is -0.836. The zero-order chi connectivity index (χ0) is 20.8. The summed E-state index contributed by atoms with van der Waals surface area (Å²) >= 11 is 0. The molecule has 1 heterocycles. The number of nitro benzene ring substituents is 1. The number of hydrogen-bond donors (Lipinski definition) is 1. The molecule has 0 aliphatic carbocycles. The molecule has 0 unspecified atom stereocenters. The Balaban J connectivity index is 2.64. The maximum absolute atomic E-state index is 13.0. The number of hydrogen-bond acceptors (Lipinski definition) is 7. The molecule has 28 heavy (non-hydrogen) atoms. The number of nitriles is 1. The number of para-hydroxylation sites is 1. The molecule has 0 atom stereocenters. The van der Waals surface area contributed by atoms with Crippen molar-refractivity contribution in [3.63, 3.8) is 0 Å². The first kappa shape index (κ1) is 20.8. The third-order valence-electron chi connectivity index (χ3n) is 4.25. The van der Waals surface area contributed by atoms with E-state index in [2.05, 4.69) is 0 Å². The molecule has 2 aromatic rings. The van der Waals surface area contributed by atoms with E-state index in [1.54, 1.807) is 6.07 Å². The van der Waals surface area contributed by atoms with Gasteiger partial charge in [0.15, 0.2) is 0 Å². The van der Waals surface area contributed by atoms with E-state index in [0.29, 0.717) is 19.6 Å². The lowest BCUT2D eigenvalue weighted by Gasteiger charge is -2.15. The number of nitro groups is 1. The van der Waals surface area contributed by atoms with Crippen LogP contribution in [0.2, 0.25) is 0 Å². The highest BCUT2D eigenvalue weighted by atomic mass is 16.6. The van der Waals surface area contributed by atoms with Crippen LogP contribution in [0.1, 0.15) is 40.4 Å². The highest BCUT2D eigenvalue weighted by molar-refractivity contribution is 6.13. The van der Waals surface area contributed by atoms with Crippen LogP contribution in [0.15, 0.2) is 29.1 Å². The molecule has 0 aliphatic heterocycles. The second kappa shape index (κ2) is 8.92. The molecule has 0 spiro atoms.